The molecule has 0 saturated carbocycles. The fourth-order valence-corrected chi connectivity index (χ4v) is 1.86. The number of carbonyl (C=O) groups excluding carboxylic acids is 1. The quantitative estimate of drug-likeness (QED) is 0.636. The van der Waals surface area contributed by atoms with Gasteiger partial charge in [0.1, 0.15) is 11.3 Å². The van der Waals surface area contributed by atoms with Crippen LogP contribution in [0, 0.1) is 0 Å². The lowest BCUT2D eigenvalue weighted by Gasteiger charge is -2.16. The molecule has 0 amide bonds. The maximum Gasteiger partial charge on any atom is 0.342 e. The molecule has 2 rings (SSSR count). The normalized spacial score (nSPS) is 17.8. The summed E-state index contributed by atoms with van der Waals surface area (Å²) in [6.07, 6.45) is -0.683. The average molecular weight is 283 g/mol. The van der Waals surface area contributed by atoms with Crippen LogP contribution in [0.25, 0.3) is 0 Å². The van der Waals surface area contributed by atoms with Gasteiger partial charge in [0.25, 0.3) is 0 Å². The van der Waals surface area contributed by atoms with Crippen molar-refractivity contribution in [2.75, 3.05) is 26.9 Å². The van der Waals surface area contributed by atoms with Crippen LogP contribution in [0.4, 0.5) is 0 Å². The Morgan fingerprint density at radius 3 is 2.65 bits per heavy atom. The Labute approximate surface area is 115 Å². The molecule has 20 heavy (non-hydrogen) atoms. The van der Waals surface area contributed by atoms with Crippen LogP contribution >= 0.6 is 0 Å². The van der Waals surface area contributed by atoms with Gasteiger partial charge in [-0.3, -0.25) is 0 Å². The van der Waals surface area contributed by atoms with Crippen LogP contribution in [-0.4, -0.2) is 44.0 Å². The Bertz CT molecular complexity index is 505. The number of carboxylic acids is 1. The molecule has 7 nitrogen and oxygen atoms in total. The molecular weight excluding hydrogens is 269 g/mol. The summed E-state index contributed by atoms with van der Waals surface area (Å²) in [5, 5.41) is 8.65. The monoisotopic (exact) mass is 283 g/mol. The maximum atomic E-state index is 11.9. The number of hydrogen-bond acceptors (Lipinski definition) is 6. The first-order chi connectivity index (χ1) is 9.63. The molecule has 1 fully saturated rings. The van der Waals surface area contributed by atoms with Gasteiger partial charge in [-0.1, -0.05) is 12.1 Å². The molecular formula is C13H14O7. The van der Waals surface area contributed by atoms with Gasteiger partial charge in [0.15, 0.2) is 12.9 Å². The van der Waals surface area contributed by atoms with E-state index in [0.29, 0.717) is 18.8 Å². The van der Waals surface area contributed by atoms with E-state index in [2.05, 4.69) is 0 Å². The number of benzene rings is 1. The van der Waals surface area contributed by atoms with E-state index in [-0.39, 0.29) is 11.3 Å². The van der Waals surface area contributed by atoms with Crippen LogP contribution in [0.15, 0.2) is 18.2 Å². The third-order valence-corrected chi connectivity index (χ3v) is 2.67. The van der Waals surface area contributed by atoms with Crippen molar-refractivity contribution in [2.45, 2.75) is 6.29 Å². The van der Waals surface area contributed by atoms with E-state index >= 15 is 0 Å². The first-order valence-electron chi connectivity index (χ1n) is 5.92. The molecule has 0 bridgehead atoms. The molecule has 1 unspecified atom stereocenters. The number of esters is 1. The second-order valence-electron chi connectivity index (χ2n) is 3.97. The number of methoxy groups -OCH3 is 1. The lowest BCUT2D eigenvalue weighted by molar-refractivity contribution is -0.139. The van der Waals surface area contributed by atoms with Crippen LogP contribution < -0.4 is 4.74 Å². The van der Waals surface area contributed by atoms with Crippen molar-refractivity contribution in [3.8, 4) is 5.75 Å². The Hall–Kier alpha value is -2.12. The van der Waals surface area contributed by atoms with Gasteiger partial charge >= 0.3 is 11.9 Å². The Morgan fingerprint density at radius 2 is 2.05 bits per heavy atom. The Morgan fingerprint density at radius 1 is 1.35 bits per heavy atom. The molecule has 1 N–H and O–H groups in total. The highest BCUT2D eigenvalue weighted by Gasteiger charge is 2.27. The molecule has 0 aliphatic carbocycles. The lowest BCUT2D eigenvalue weighted by Crippen LogP contribution is -2.15. The van der Waals surface area contributed by atoms with E-state index in [1.165, 1.54) is 13.2 Å². The lowest BCUT2D eigenvalue weighted by atomic mass is 10.1. The summed E-state index contributed by atoms with van der Waals surface area (Å²) in [5.41, 5.74) is 0.570. The van der Waals surface area contributed by atoms with Gasteiger partial charge in [-0.15, -0.1) is 0 Å². The average Bonchev–Trinajstić information content (AvgIpc) is 2.97. The largest absolute Gasteiger partial charge is 0.481 e. The maximum absolute atomic E-state index is 11.9. The fraction of sp³-hybridized carbons (Fsp3) is 0.385. The second kappa shape index (κ2) is 6.36. The Balaban J connectivity index is 2.37. The molecule has 0 spiro atoms. The van der Waals surface area contributed by atoms with Crippen molar-refractivity contribution in [1.29, 1.82) is 0 Å². The van der Waals surface area contributed by atoms with Crippen LogP contribution in [0.5, 0.6) is 5.75 Å². The van der Waals surface area contributed by atoms with Crippen molar-refractivity contribution < 1.29 is 33.6 Å². The molecule has 1 aromatic carbocycles. The molecule has 1 aromatic rings. The smallest absolute Gasteiger partial charge is 0.342 e. The zero-order chi connectivity index (χ0) is 14.5. The van der Waals surface area contributed by atoms with Crippen LogP contribution in [-0.2, 0) is 19.0 Å². The minimum Gasteiger partial charge on any atom is -0.481 e. The highest BCUT2D eigenvalue weighted by molar-refractivity contribution is 5.94. The first kappa shape index (κ1) is 14.3. The predicted octanol–water partition coefficient (Wildman–Crippen LogP) is 0.982. The van der Waals surface area contributed by atoms with Gasteiger partial charge in [-0.25, -0.2) is 9.59 Å². The summed E-state index contributed by atoms with van der Waals surface area (Å²) in [5.74, 6) is -1.66. The van der Waals surface area contributed by atoms with Crippen molar-refractivity contribution in [3.05, 3.63) is 29.3 Å². The van der Waals surface area contributed by atoms with Crippen LogP contribution in [0.2, 0.25) is 0 Å². The number of hydrogen-bond donors (Lipinski definition) is 1. The first-order valence-corrected chi connectivity index (χ1v) is 5.92. The van der Waals surface area contributed by atoms with E-state index in [4.69, 9.17) is 24.1 Å². The minimum atomic E-state index is -1.14. The molecule has 7 heteroatoms. The summed E-state index contributed by atoms with van der Waals surface area (Å²) in [6, 6.07) is 4.77. The fourth-order valence-electron chi connectivity index (χ4n) is 1.86. The second-order valence-corrected chi connectivity index (χ2v) is 3.97. The molecule has 1 heterocycles. The minimum absolute atomic E-state index is 0.114. The standard InChI is InChI=1S/C13H14O7/c1-17-12(16)11-8(13-18-5-6-19-13)3-2-4-9(11)20-7-10(14)15/h2-4,13H,5-7H2,1H3,(H,14,15)/i5+1. The van der Waals surface area contributed by atoms with Gasteiger partial charge in [-0.2, -0.15) is 0 Å². The summed E-state index contributed by atoms with van der Waals surface area (Å²) >= 11 is 0. The van der Waals surface area contributed by atoms with Gasteiger partial charge in [-0.05, 0) is 6.07 Å². The zero-order valence-corrected chi connectivity index (χ0v) is 10.8. The van der Waals surface area contributed by atoms with Gasteiger partial charge in [0, 0.05) is 5.56 Å². The van der Waals surface area contributed by atoms with Gasteiger partial charge in [0.2, 0.25) is 0 Å². The summed E-state index contributed by atoms with van der Waals surface area (Å²) in [4.78, 5) is 22.5. The highest BCUT2D eigenvalue weighted by Crippen LogP contribution is 2.32. The topological polar surface area (TPSA) is 91.3 Å². The van der Waals surface area contributed by atoms with E-state index < -0.39 is 24.8 Å². The third kappa shape index (κ3) is 3.06. The van der Waals surface area contributed by atoms with Gasteiger partial charge < -0.3 is 24.1 Å². The number of carboxylic acid groups (broad SMARTS) is 1. The van der Waals surface area contributed by atoms with E-state index in [1.54, 1.807) is 12.1 Å². The van der Waals surface area contributed by atoms with E-state index in [1.807, 2.05) is 0 Å². The molecule has 108 valence electrons. The van der Waals surface area contributed by atoms with Crippen LogP contribution in [0.3, 0.4) is 0 Å². The number of rotatable bonds is 5. The molecule has 1 atom stereocenters. The highest BCUT2D eigenvalue weighted by atomic mass is 16.8. The zero-order valence-electron chi connectivity index (χ0n) is 10.8. The van der Waals surface area contributed by atoms with Crippen molar-refractivity contribution in [3.63, 3.8) is 0 Å². The molecule has 1 aliphatic rings. The number of ether oxygens (including phenoxy) is 4. The van der Waals surface area contributed by atoms with Gasteiger partial charge in [0.05, 0.1) is 20.3 Å². The van der Waals surface area contributed by atoms with Crippen molar-refractivity contribution >= 4 is 11.9 Å². The van der Waals surface area contributed by atoms with Crippen molar-refractivity contribution in [1.82, 2.24) is 0 Å². The Kier molecular flexibility index (Phi) is 4.54. The number of carbonyl (C=O) groups is 2. The number of aliphatic carboxylic acids is 1. The SMILES string of the molecule is COC(=O)c1c(OCC(=O)O)cccc1C1OC[13CH2]O1. The molecule has 0 radical (unpaired) electrons. The molecule has 1 saturated heterocycles. The molecule has 0 aromatic heterocycles. The summed E-state index contributed by atoms with van der Waals surface area (Å²) < 4.78 is 20.5. The van der Waals surface area contributed by atoms with Crippen molar-refractivity contribution in [2.24, 2.45) is 0 Å². The van der Waals surface area contributed by atoms with Crippen LogP contribution in [0.1, 0.15) is 22.2 Å². The molecule has 1 aliphatic heterocycles. The third-order valence-electron chi connectivity index (χ3n) is 2.67. The summed E-state index contributed by atoms with van der Waals surface area (Å²) in [6.45, 7) is 0.289. The predicted molar refractivity (Wildman–Crippen MR) is 65.6 cm³/mol. The van der Waals surface area contributed by atoms with E-state index in [9.17, 15) is 9.59 Å². The van der Waals surface area contributed by atoms with E-state index in [0.717, 1.165) is 0 Å². The summed E-state index contributed by atoms with van der Waals surface area (Å²) in [7, 11) is 1.23.